The zero-order valence-electron chi connectivity index (χ0n) is 56.3. The smallest absolute Gasteiger partial charge is 0.251 e. The molecule has 5 amide bonds. The van der Waals surface area contributed by atoms with Gasteiger partial charge in [0.05, 0.1) is 0 Å². The molecule has 0 saturated heterocycles. The van der Waals surface area contributed by atoms with Crippen LogP contribution in [0.3, 0.4) is 0 Å². The lowest BCUT2D eigenvalue weighted by Gasteiger charge is -2.19. The summed E-state index contributed by atoms with van der Waals surface area (Å²) in [7, 11) is 0. The molecule has 17 N–H and O–H groups in total. The Hall–Kier alpha value is -10.2. The van der Waals surface area contributed by atoms with Crippen molar-refractivity contribution < 1.29 is 33.6 Å². The van der Waals surface area contributed by atoms with E-state index < -0.39 is 0 Å². The van der Waals surface area contributed by atoms with E-state index in [-0.39, 0.29) is 96.7 Å². The van der Waals surface area contributed by atoms with Gasteiger partial charge in [0.1, 0.15) is 19.6 Å². The molecule has 0 unspecified atom stereocenters. The van der Waals surface area contributed by atoms with E-state index in [2.05, 4.69) is 102 Å². The minimum absolute atomic E-state index is 0.000841. The van der Waals surface area contributed by atoms with Crippen LogP contribution in [0.4, 0.5) is 0 Å². The van der Waals surface area contributed by atoms with Gasteiger partial charge in [-0.15, -0.1) is 0 Å². The molecule has 0 aliphatic carbocycles. The highest BCUT2D eigenvalue weighted by atomic mass is 16.2. The van der Waals surface area contributed by atoms with Crippen molar-refractivity contribution in [2.75, 3.05) is 32.7 Å². The highest BCUT2D eigenvalue weighted by molar-refractivity contribution is 5.97. The zero-order valence-corrected chi connectivity index (χ0v) is 56.3. The molecule has 6 aromatic rings. The lowest BCUT2D eigenvalue weighted by molar-refractivity contribution is -0.121. The Labute approximate surface area is 573 Å². The molecule has 0 aliphatic heterocycles. The molecule has 21 heteroatoms. The van der Waals surface area contributed by atoms with Crippen LogP contribution in [0.25, 0.3) is 0 Å². The Morgan fingerprint density at radius 3 is 0.845 bits per heavy atom. The van der Waals surface area contributed by atoms with Crippen LogP contribution in [-0.4, -0.2) is 110 Å². The Morgan fingerprint density at radius 1 is 0.299 bits per heavy atom. The molecule has 0 radical (unpaired) electrons. The quantitative estimate of drug-likeness (QED) is 0.00737. The van der Waals surface area contributed by atoms with E-state index in [0.717, 1.165) is 88.2 Å². The third kappa shape index (κ3) is 38.7. The van der Waals surface area contributed by atoms with Crippen molar-refractivity contribution in [3.63, 3.8) is 0 Å². The van der Waals surface area contributed by atoms with Gasteiger partial charge in [0.2, 0.25) is 17.7 Å². The Kier molecular flexibility index (Phi) is 40.3. The lowest BCUT2D eigenvalue weighted by atomic mass is 9.98. The molecule has 0 fully saturated rings. The molecule has 0 spiro atoms. The van der Waals surface area contributed by atoms with E-state index in [4.69, 9.17) is 34.4 Å². The van der Waals surface area contributed by atoms with E-state index in [1.165, 1.54) is 36.8 Å². The summed E-state index contributed by atoms with van der Waals surface area (Å²) < 4.78 is 0. The van der Waals surface area contributed by atoms with Crippen LogP contribution in [0, 0.1) is 0 Å². The first-order valence-corrected chi connectivity index (χ1v) is 34.0. The second-order valence-electron chi connectivity index (χ2n) is 23.8. The number of aliphatic imine (C=N–C) groups is 3. The Morgan fingerprint density at radius 2 is 0.557 bits per heavy atom. The zero-order chi connectivity index (χ0) is 69.9. The highest BCUT2D eigenvalue weighted by Gasteiger charge is 2.17. The molecule has 21 nitrogen and oxygen atoms in total. The molecule has 0 aromatic heterocycles. The van der Waals surface area contributed by atoms with Crippen LogP contribution in [0.1, 0.15) is 181 Å². The van der Waals surface area contributed by atoms with Crippen molar-refractivity contribution in [2.24, 2.45) is 49.4 Å². The van der Waals surface area contributed by atoms with Gasteiger partial charge in [-0.2, -0.15) is 0 Å². The van der Waals surface area contributed by atoms with E-state index in [9.17, 15) is 33.6 Å². The summed E-state index contributed by atoms with van der Waals surface area (Å²) in [6.45, 7) is 0.713. The second kappa shape index (κ2) is 49.4. The summed E-state index contributed by atoms with van der Waals surface area (Å²) in [5.41, 5.74) is 37.3. The molecule has 0 saturated carbocycles. The van der Waals surface area contributed by atoms with Gasteiger partial charge in [-0.1, -0.05) is 196 Å². The standard InChI is InChI=1S/C26H34N4O3.C26H38N4O.C24H32N6O3/c27-26(28)29-19-25(33)30-22(15-7-9-17-23(31)20-11-3-1-4-12-20)16-8-10-18-24(32)21-13-5-2-6-14-21;27-26(28)29-21-25(31)30-24(19-11-3-9-17-22-13-5-1-6-14-22)20-12-4-10-18-23-15-7-2-8-16-23;25-24(26)29-17-21(31)30-20(13-7-15-27-22(32)18-9-3-1-4-10-18)14-8-16-28-23(33)19-11-5-2-6-12-19/h1-6,11-14,22H,7-10,15-19H2,(H,30,33)(H4,27,28,29);1-2,5-8,13-16,24H,3-4,9-12,17-21H2,(H,30,31)(H4,27,28,29);1-6,9-12,20H,7-8,13-17H2,(H,27,32)(H,28,33)(H,30,31)(H4,25,26,29). The number of guanidine groups is 3. The maximum absolute atomic E-state index is 12.3. The van der Waals surface area contributed by atoms with Crippen LogP contribution in [0.2, 0.25) is 0 Å². The fourth-order valence-electron chi connectivity index (χ4n) is 10.6. The first-order valence-electron chi connectivity index (χ1n) is 34.0. The van der Waals surface area contributed by atoms with Crippen LogP contribution < -0.4 is 61.0 Å². The van der Waals surface area contributed by atoms with Crippen LogP contribution in [0.15, 0.2) is 197 Å². The van der Waals surface area contributed by atoms with Crippen LogP contribution in [-0.2, 0) is 27.2 Å². The average molecular weight is 1330 g/mol. The van der Waals surface area contributed by atoms with Gasteiger partial charge in [-0.3, -0.25) is 33.6 Å². The SMILES string of the molecule is NC(N)=NCC(=O)NC(CCCCC(=O)c1ccccc1)CCCCC(=O)c1ccccc1.NC(N)=NCC(=O)NC(CCCCCc1ccccc1)CCCCCc1ccccc1.NC(N)=NCC(=O)NC(CCCNC(=O)c1ccccc1)CCCNC(=O)c1ccccc1. The molecular weight excluding hydrogens is 1220 g/mol. The molecule has 0 aliphatic rings. The number of unbranched alkanes of at least 4 members (excludes halogenated alkanes) is 6. The summed E-state index contributed by atoms with van der Waals surface area (Å²) in [5, 5.41) is 14.8. The molecule has 97 heavy (non-hydrogen) atoms. The summed E-state index contributed by atoms with van der Waals surface area (Å²) in [6, 6.07) is 57.7. The number of rotatable bonds is 43. The van der Waals surface area contributed by atoms with Gasteiger partial charge in [0.25, 0.3) is 11.8 Å². The topological polar surface area (TPSA) is 373 Å². The Balaban J connectivity index is 0.000000309. The van der Waals surface area contributed by atoms with Crippen molar-refractivity contribution in [2.45, 2.75) is 159 Å². The van der Waals surface area contributed by atoms with Gasteiger partial charge < -0.3 is 61.0 Å². The number of hydrogen-bond acceptors (Lipinski definition) is 10. The molecule has 0 heterocycles. The summed E-state index contributed by atoms with van der Waals surface area (Å²) >= 11 is 0. The number of carbonyl (C=O) groups excluding carboxylic acids is 7. The number of nitrogens with two attached hydrogens (primary N) is 6. The Bertz CT molecular complexity index is 2960. The average Bonchev–Trinajstić information content (AvgIpc) is 1.95. The van der Waals surface area contributed by atoms with E-state index in [1.54, 1.807) is 24.3 Å². The first-order chi connectivity index (χ1) is 47.0. The number of amides is 5. The fourth-order valence-corrected chi connectivity index (χ4v) is 10.6. The number of aryl methyl sites for hydroxylation is 2. The van der Waals surface area contributed by atoms with Gasteiger partial charge in [0, 0.05) is 66.3 Å². The normalized spacial score (nSPS) is 10.5. The maximum atomic E-state index is 12.3. The lowest BCUT2D eigenvalue weighted by Crippen LogP contribution is -2.38. The summed E-state index contributed by atoms with van der Waals surface area (Å²) in [5.74, 6) is -0.953. The largest absolute Gasteiger partial charge is 0.370 e. The minimum atomic E-state index is -0.282. The third-order valence-corrected chi connectivity index (χ3v) is 15.7. The fraction of sp³-hybridized carbons (Fsp3) is 0.395. The van der Waals surface area contributed by atoms with E-state index >= 15 is 0 Å². The second-order valence-corrected chi connectivity index (χ2v) is 23.8. The number of hydrogen-bond donors (Lipinski definition) is 11. The predicted molar refractivity (Wildman–Crippen MR) is 390 cm³/mol. The van der Waals surface area contributed by atoms with Gasteiger partial charge in [-0.05, 0) is 125 Å². The first kappa shape index (κ1) is 79.3. The van der Waals surface area contributed by atoms with Crippen molar-refractivity contribution >= 4 is 59.0 Å². The van der Waals surface area contributed by atoms with E-state index in [0.29, 0.717) is 62.7 Å². The van der Waals surface area contributed by atoms with Crippen LogP contribution >= 0.6 is 0 Å². The maximum Gasteiger partial charge on any atom is 0.251 e. The monoisotopic (exact) mass is 1320 g/mol. The summed E-state index contributed by atoms with van der Waals surface area (Å²) in [6.07, 6.45) is 19.4. The molecule has 6 rings (SSSR count). The van der Waals surface area contributed by atoms with Crippen molar-refractivity contribution in [1.29, 1.82) is 0 Å². The van der Waals surface area contributed by atoms with Crippen molar-refractivity contribution in [1.82, 2.24) is 26.6 Å². The molecular formula is C76H104N14O7. The number of nitrogens with zero attached hydrogens (tertiary/aromatic N) is 3. The van der Waals surface area contributed by atoms with Crippen molar-refractivity contribution in [3.05, 3.63) is 215 Å². The van der Waals surface area contributed by atoms with Gasteiger partial charge >= 0.3 is 0 Å². The number of nitrogens with one attached hydrogen (secondary N) is 5. The van der Waals surface area contributed by atoms with Crippen LogP contribution in [0.5, 0.6) is 0 Å². The summed E-state index contributed by atoms with van der Waals surface area (Å²) in [4.78, 5) is 96.6. The molecule has 0 bridgehead atoms. The van der Waals surface area contributed by atoms with Crippen molar-refractivity contribution in [3.8, 4) is 0 Å². The third-order valence-electron chi connectivity index (χ3n) is 15.7. The minimum Gasteiger partial charge on any atom is -0.370 e. The molecule has 0 atom stereocenters. The molecule has 6 aromatic carbocycles. The van der Waals surface area contributed by atoms with E-state index in [1.807, 2.05) is 97.1 Å². The number of ketones is 2. The number of carbonyl (C=O) groups is 7. The van der Waals surface area contributed by atoms with Gasteiger partial charge in [-0.25, -0.2) is 15.0 Å². The predicted octanol–water partition coefficient (Wildman–Crippen LogP) is 9.15. The highest BCUT2D eigenvalue weighted by Crippen LogP contribution is 2.18. The van der Waals surface area contributed by atoms with Gasteiger partial charge in [0.15, 0.2) is 29.4 Å². The number of benzene rings is 6. The number of Topliss-reactive ketones (excluding diaryl/α,β-unsaturated/α-hetero) is 2. The molecule has 520 valence electrons.